The largest absolute Gasteiger partial charge is 0.492 e. The molecule has 1 aromatic rings. The summed E-state index contributed by atoms with van der Waals surface area (Å²) in [5, 5.41) is 32.1. The number of carboxylic acid groups (broad SMARTS) is 2. The molecule has 0 heterocycles. The van der Waals surface area contributed by atoms with E-state index in [9.17, 15) is 29.7 Å². The number of hydrogen-bond acceptors (Lipinski definition) is 7. The Labute approximate surface area is 205 Å². The van der Waals surface area contributed by atoms with E-state index in [0.29, 0.717) is 35.4 Å². The Bertz CT molecular complexity index is 843. The Kier molecular flexibility index (Phi) is 10.9. The fourth-order valence-corrected chi connectivity index (χ4v) is 3.72. The second-order valence-electron chi connectivity index (χ2n) is 8.20. The van der Waals surface area contributed by atoms with Gasteiger partial charge in [-0.3, -0.25) is 5.32 Å². The summed E-state index contributed by atoms with van der Waals surface area (Å²) in [6, 6.07) is 2.99. The predicted molar refractivity (Wildman–Crippen MR) is 123 cm³/mol. The van der Waals surface area contributed by atoms with Crippen molar-refractivity contribution in [1.29, 1.82) is 0 Å². The molecule has 0 aromatic heterocycles. The van der Waals surface area contributed by atoms with Gasteiger partial charge in [-0.15, -0.1) is 0 Å². The van der Waals surface area contributed by atoms with Gasteiger partial charge in [0.25, 0.3) is 0 Å². The number of aliphatic hydroxyl groups is 1. The van der Waals surface area contributed by atoms with Crippen LogP contribution in [0.4, 0.5) is 4.79 Å². The number of rotatable bonds is 12. The number of aliphatic hydroxyl groups excluding tert-OH is 1. The summed E-state index contributed by atoms with van der Waals surface area (Å²) in [5.74, 6) is -3.31. The number of nitrogens with one attached hydrogen (secondary N) is 1. The first-order valence-electron chi connectivity index (χ1n) is 10.00. The zero-order valence-corrected chi connectivity index (χ0v) is 21.2. The molecule has 0 aliphatic heterocycles. The summed E-state index contributed by atoms with van der Waals surface area (Å²) >= 11 is 9.46. The van der Waals surface area contributed by atoms with Gasteiger partial charge in [0, 0.05) is 24.6 Å². The van der Waals surface area contributed by atoms with Crippen LogP contribution in [-0.2, 0) is 19.1 Å². The molecule has 1 rings (SSSR count). The number of aliphatic carboxylic acids is 2. The summed E-state index contributed by atoms with van der Waals surface area (Å²) < 4.78 is 16.0. The van der Waals surface area contributed by atoms with Crippen molar-refractivity contribution in [3.63, 3.8) is 0 Å². The maximum Gasteiger partial charge on any atom is 0.409 e. The summed E-state index contributed by atoms with van der Waals surface area (Å²) in [6.45, 7) is 5.44. The van der Waals surface area contributed by atoms with Gasteiger partial charge in [0.05, 0.1) is 17.7 Å². The second-order valence-corrected chi connectivity index (χ2v) is 9.46. The van der Waals surface area contributed by atoms with Crippen LogP contribution in [0, 0.1) is 0 Å². The average Bonchev–Trinajstić information content (AvgIpc) is 2.67. The zero-order valence-electron chi connectivity index (χ0n) is 18.8. The minimum absolute atomic E-state index is 0.284. The molecule has 0 spiro atoms. The van der Waals surface area contributed by atoms with E-state index in [-0.39, 0.29) is 11.4 Å². The molecule has 1 atom stereocenters. The van der Waals surface area contributed by atoms with Crippen LogP contribution in [0.3, 0.4) is 0 Å². The van der Waals surface area contributed by atoms with Crippen molar-refractivity contribution >= 4 is 45.6 Å². The number of alkyl carbamates (subject to hydrolysis) is 1. The van der Waals surface area contributed by atoms with Gasteiger partial charge in [0.1, 0.15) is 11.4 Å². The molecule has 0 radical (unpaired) electrons. The first kappa shape index (κ1) is 29.0. The second kappa shape index (κ2) is 12.4. The Hall–Kier alpha value is -2.08. The molecule has 1 unspecified atom stereocenters. The number of hydrogen-bond donors (Lipinski definition) is 4. The molecule has 10 nitrogen and oxygen atoms in total. The highest BCUT2D eigenvalue weighted by Crippen LogP contribution is 2.36. The van der Waals surface area contributed by atoms with E-state index in [2.05, 4.69) is 15.9 Å². The topological polar surface area (TPSA) is 152 Å². The SMILES string of the molecule is COCCCOc1cc(C(O)CCC(NC(=O)OC(C)(C)C)(C(=O)O)C(=O)O)c(Br)cc1Cl. The van der Waals surface area contributed by atoms with Crippen molar-refractivity contribution in [2.75, 3.05) is 20.3 Å². The summed E-state index contributed by atoms with van der Waals surface area (Å²) in [5.41, 5.74) is -3.37. The number of amides is 1. The number of methoxy groups -OCH3 is 1. The van der Waals surface area contributed by atoms with Gasteiger partial charge >= 0.3 is 18.0 Å². The van der Waals surface area contributed by atoms with Gasteiger partial charge in [-0.25, -0.2) is 14.4 Å². The highest BCUT2D eigenvalue weighted by atomic mass is 79.9. The van der Waals surface area contributed by atoms with Crippen LogP contribution in [0.1, 0.15) is 51.7 Å². The molecule has 33 heavy (non-hydrogen) atoms. The number of benzene rings is 1. The molecule has 186 valence electrons. The van der Waals surface area contributed by atoms with Crippen molar-refractivity contribution in [2.45, 2.75) is 57.3 Å². The summed E-state index contributed by atoms with van der Waals surface area (Å²) in [6.07, 6.45) is -2.84. The Morgan fingerprint density at radius 2 is 1.76 bits per heavy atom. The molecule has 0 fully saturated rings. The lowest BCUT2D eigenvalue weighted by atomic mass is 9.90. The van der Waals surface area contributed by atoms with E-state index < -0.39 is 41.7 Å². The molecule has 4 N–H and O–H groups in total. The number of ether oxygens (including phenoxy) is 3. The van der Waals surface area contributed by atoms with Gasteiger partial charge in [-0.05, 0) is 51.3 Å². The molecule has 0 saturated heterocycles. The van der Waals surface area contributed by atoms with Gasteiger partial charge < -0.3 is 29.5 Å². The minimum Gasteiger partial charge on any atom is -0.492 e. The smallest absolute Gasteiger partial charge is 0.409 e. The molecule has 0 aliphatic carbocycles. The van der Waals surface area contributed by atoms with Gasteiger partial charge in [-0.1, -0.05) is 27.5 Å². The molecule has 12 heteroatoms. The Balaban J connectivity index is 3.06. The fraction of sp³-hybridized carbons (Fsp3) is 0.571. The lowest BCUT2D eigenvalue weighted by molar-refractivity contribution is -0.159. The minimum atomic E-state index is -2.71. The number of carbonyl (C=O) groups is 3. The van der Waals surface area contributed by atoms with Crippen molar-refractivity contribution in [3.8, 4) is 5.75 Å². The predicted octanol–water partition coefficient (Wildman–Crippen LogP) is 3.76. The van der Waals surface area contributed by atoms with Crippen LogP contribution in [0.25, 0.3) is 0 Å². The Morgan fingerprint density at radius 3 is 2.27 bits per heavy atom. The third kappa shape index (κ3) is 8.65. The van der Waals surface area contributed by atoms with Crippen molar-refractivity contribution in [1.82, 2.24) is 5.32 Å². The van der Waals surface area contributed by atoms with Crippen LogP contribution < -0.4 is 10.1 Å². The third-order valence-corrected chi connectivity index (χ3v) is 5.38. The van der Waals surface area contributed by atoms with E-state index in [1.165, 1.54) is 12.1 Å². The molecule has 1 aromatic carbocycles. The van der Waals surface area contributed by atoms with Crippen molar-refractivity contribution in [2.24, 2.45) is 0 Å². The molecule has 0 bridgehead atoms. The lowest BCUT2D eigenvalue weighted by Gasteiger charge is -2.29. The quantitative estimate of drug-likeness (QED) is 0.223. The number of carbonyl (C=O) groups excluding carboxylic acids is 1. The molecular weight excluding hydrogens is 526 g/mol. The maximum absolute atomic E-state index is 12.1. The van der Waals surface area contributed by atoms with E-state index in [1.807, 2.05) is 5.32 Å². The van der Waals surface area contributed by atoms with E-state index in [1.54, 1.807) is 27.9 Å². The van der Waals surface area contributed by atoms with Crippen LogP contribution in [0.2, 0.25) is 5.02 Å². The zero-order chi connectivity index (χ0) is 25.4. The molecular formula is C21H29BrClNO9. The Morgan fingerprint density at radius 1 is 1.15 bits per heavy atom. The normalized spacial score (nSPS) is 12.7. The van der Waals surface area contributed by atoms with E-state index >= 15 is 0 Å². The first-order valence-corrected chi connectivity index (χ1v) is 11.2. The molecule has 0 aliphatic rings. The van der Waals surface area contributed by atoms with Crippen molar-refractivity contribution in [3.05, 3.63) is 27.2 Å². The maximum atomic E-state index is 12.1. The van der Waals surface area contributed by atoms with Gasteiger partial charge in [0.2, 0.25) is 5.54 Å². The monoisotopic (exact) mass is 553 g/mol. The van der Waals surface area contributed by atoms with Gasteiger partial charge in [-0.2, -0.15) is 0 Å². The molecule has 1 amide bonds. The molecule has 0 saturated carbocycles. The van der Waals surface area contributed by atoms with Crippen LogP contribution in [-0.4, -0.2) is 64.8 Å². The summed E-state index contributed by atoms with van der Waals surface area (Å²) in [7, 11) is 1.56. The number of carboxylic acids is 2. The fourth-order valence-electron chi connectivity index (χ4n) is 2.76. The first-order chi connectivity index (χ1) is 15.2. The van der Waals surface area contributed by atoms with Crippen LogP contribution >= 0.6 is 27.5 Å². The van der Waals surface area contributed by atoms with Crippen molar-refractivity contribution < 1.29 is 43.9 Å². The van der Waals surface area contributed by atoms with Gasteiger partial charge in [0.15, 0.2) is 0 Å². The van der Waals surface area contributed by atoms with Crippen LogP contribution in [0.5, 0.6) is 5.75 Å². The standard InChI is InChI=1S/C21H29BrClNO9/c1-20(2,3)33-19(30)24-21(17(26)27,18(28)29)7-6-15(25)12-10-16(14(23)11-13(12)22)32-9-5-8-31-4/h10-11,15,25H,5-9H2,1-4H3,(H,24,30)(H,26,27)(H,28,29). The lowest BCUT2D eigenvalue weighted by Crippen LogP contribution is -2.61. The van der Waals surface area contributed by atoms with E-state index in [0.717, 1.165) is 0 Å². The highest BCUT2D eigenvalue weighted by Gasteiger charge is 2.49. The highest BCUT2D eigenvalue weighted by molar-refractivity contribution is 9.10. The average molecular weight is 555 g/mol. The van der Waals surface area contributed by atoms with Crippen LogP contribution in [0.15, 0.2) is 16.6 Å². The van der Waals surface area contributed by atoms with E-state index in [4.69, 9.17) is 25.8 Å². The third-order valence-electron chi connectivity index (χ3n) is 4.40. The number of halogens is 2. The summed E-state index contributed by atoms with van der Waals surface area (Å²) in [4.78, 5) is 35.8.